The van der Waals surface area contributed by atoms with Gasteiger partial charge in [0, 0.05) is 30.1 Å². The molecule has 6 nitrogen and oxygen atoms in total. The average Bonchev–Trinajstić information content (AvgIpc) is 2.69. The number of hydrogen-bond donors (Lipinski definition) is 2. The Balaban J connectivity index is 2.68. The molecule has 106 valence electrons. The summed E-state index contributed by atoms with van der Waals surface area (Å²) in [4.78, 5) is 11.4. The number of methoxy groups -OCH3 is 1. The van der Waals surface area contributed by atoms with Crippen molar-refractivity contribution in [1.82, 2.24) is 9.78 Å². The van der Waals surface area contributed by atoms with Crippen LogP contribution in [0.3, 0.4) is 0 Å². The van der Waals surface area contributed by atoms with Crippen molar-refractivity contribution in [3.8, 4) is 17.0 Å². The van der Waals surface area contributed by atoms with E-state index >= 15 is 0 Å². The van der Waals surface area contributed by atoms with Gasteiger partial charge in [-0.2, -0.15) is 5.10 Å². The van der Waals surface area contributed by atoms with E-state index in [-0.39, 0.29) is 5.91 Å². The minimum Gasteiger partial charge on any atom is -0.495 e. The van der Waals surface area contributed by atoms with Crippen molar-refractivity contribution in [3.63, 3.8) is 0 Å². The third kappa shape index (κ3) is 2.62. The zero-order valence-electron chi connectivity index (χ0n) is 11.4. The monoisotopic (exact) mass is 338 g/mol. The molecule has 0 aliphatic carbocycles. The van der Waals surface area contributed by atoms with Crippen LogP contribution in [-0.4, -0.2) is 22.8 Å². The number of carbonyl (C=O) groups is 1. The smallest absolute Gasteiger partial charge is 0.221 e. The number of benzene rings is 1. The van der Waals surface area contributed by atoms with Crippen LogP contribution in [0.2, 0.25) is 0 Å². The second-order valence-corrected chi connectivity index (χ2v) is 5.11. The molecule has 1 aromatic heterocycles. The maximum atomic E-state index is 11.4. The molecule has 1 aromatic carbocycles. The maximum Gasteiger partial charge on any atom is 0.221 e. The number of ether oxygens (including phenoxy) is 1. The van der Waals surface area contributed by atoms with Crippen molar-refractivity contribution in [1.29, 1.82) is 0 Å². The van der Waals surface area contributed by atoms with E-state index in [1.807, 2.05) is 6.07 Å². The summed E-state index contributed by atoms with van der Waals surface area (Å²) in [6.07, 6.45) is 0. The third-order valence-corrected chi connectivity index (χ3v) is 3.47. The van der Waals surface area contributed by atoms with E-state index in [1.54, 1.807) is 31.0 Å². The number of amides is 1. The molecule has 0 radical (unpaired) electrons. The predicted molar refractivity (Wildman–Crippen MR) is 81.6 cm³/mol. The summed E-state index contributed by atoms with van der Waals surface area (Å²) in [5.41, 5.74) is 7.76. The maximum absolute atomic E-state index is 11.4. The van der Waals surface area contributed by atoms with Gasteiger partial charge in [0.15, 0.2) is 0 Å². The van der Waals surface area contributed by atoms with Crippen LogP contribution in [0.5, 0.6) is 5.75 Å². The summed E-state index contributed by atoms with van der Waals surface area (Å²) in [5, 5.41) is 7.12. The highest BCUT2D eigenvalue weighted by Gasteiger charge is 2.18. The van der Waals surface area contributed by atoms with E-state index in [9.17, 15) is 4.79 Å². The van der Waals surface area contributed by atoms with Crippen LogP contribution in [-0.2, 0) is 11.8 Å². The van der Waals surface area contributed by atoms with E-state index in [2.05, 4.69) is 26.3 Å². The second kappa shape index (κ2) is 5.54. The summed E-state index contributed by atoms with van der Waals surface area (Å²) >= 11 is 3.47. The largest absolute Gasteiger partial charge is 0.495 e. The topological polar surface area (TPSA) is 82.2 Å². The fourth-order valence-electron chi connectivity index (χ4n) is 1.88. The summed E-state index contributed by atoms with van der Waals surface area (Å²) in [7, 11) is 3.30. The molecule has 1 amide bonds. The Labute approximate surface area is 125 Å². The van der Waals surface area contributed by atoms with Crippen molar-refractivity contribution in [3.05, 3.63) is 22.7 Å². The number of hydrogen-bond acceptors (Lipinski definition) is 4. The lowest BCUT2D eigenvalue weighted by atomic mass is 10.1. The molecule has 0 fully saturated rings. The van der Waals surface area contributed by atoms with Gasteiger partial charge in [0.25, 0.3) is 0 Å². The summed E-state index contributed by atoms with van der Waals surface area (Å²) < 4.78 is 7.66. The molecule has 0 unspecified atom stereocenters. The first-order valence-corrected chi connectivity index (χ1v) is 6.67. The van der Waals surface area contributed by atoms with Gasteiger partial charge < -0.3 is 15.8 Å². The van der Waals surface area contributed by atoms with E-state index in [4.69, 9.17) is 10.5 Å². The van der Waals surface area contributed by atoms with Crippen molar-refractivity contribution in [2.75, 3.05) is 18.2 Å². The average molecular weight is 339 g/mol. The van der Waals surface area contributed by atoms with Gasteiger partial charge in [-0.25, -0.2) is 0 Å². The molecule has 7 heteroatoms. The molecule has 0 spiro atoms. The Morgan fingerprint density at radius 2 is 2.20 bits per heavy atom. The van der Waals surface area contributed by atoms with Crippen LogP contribution in [0.25, 0.3) is 11.3 Å². The van der Waals surface area contributed by atoms with Crippen molar-refractivity contribution >= 4 is 33.3 Å². The molecule has 0 bridgehead atoms. The molecule has 3 N–H and O–H groups in total. The van der Waals surface area contributed by atoms with Crippen LogP contribution in [0.1, 0.15) is 6.92 Å². The van der Waals surface area contributed by atoms with E-state index in [1.165, 1.54) is 6.92 Å². The Morgan fingerprint density at radius 3 is 2.70 bits per heavy atom. The van der Waals surface area contributed by atoms with Crippen molar-refractivity contribution < 1.29 is 9.53 Å². The minimum atomic E-state index is -0.188. The lowest BCUT2D eigenvalue weighted by Crippen LogP contribution is -2.09. The van der Waals surface area contributed by atoms with Gasteiger partial charge in [0.1, 0.15) is 11.6 Å². The minimum absolute atomic E-state index is 0.188. The second-order valence-electron chi connectivity index (χ2n) is 4.26. The summed E-state index contributed by atoms with van der Waals surface area (Å²) in [5.74, 6) is 0.901. The Morgan fingerprint density at radius 1 is 1.50 bits per heavy atom. The number of nitrogens with zero attached hydrogens (tertiary/aromatic N) is 2. The standard InChI is InChI=1S/C13H15BrN4O2/c1-7(19)16-13-10(20-3)5-4-8(14)12(13)9-6-11(15)18(2)17-9/h4-6H,15H2,1-3H3,(H,16,19). The molecule has 20 heavy (non-hydrogen) atoms. The number of rotatable bonds is 3. The van der Waals surface area contributed by atoms with Gasteiger partial charge in [0.05, 0.1) is 18.5 Å². The van der Waals surface area contributed by atoms with E-state index in [0.29, 0.717) is 22.9 Å². The molecule has 2 aromatic rings. The molecule has 0 aliphatic heterocycles. The third-order valence-electron chi connectivity index (χ3n) is 2.81. The lowest BCUT2D eigenvalue weighted by molar-refractivity contribution is -0.114. The first-order chi connectivity index (χ1) is 9.43. The Kier molecular flexibility index (Phi) is 3.99. The van der Waals surface area contributed by atoms with Gasteiger partial charge in [-0.1, -0.05) is 15.9 Å². The van der Waals surface area contributed by atoms with Gasteiger partial charge in [0.2, 0.25) is 5.91 Å². The fraction of sp³-hybridized carbons (Fsp3) is 0.231. The van der Waals surface area contributed by atoms with Crippen molar-refractivity contribution in [2.24, 2.45) is 7.05 Å². The number of anilines is 2. The number of nitrogens with two attached hydrogens (primary N) is 1. The summed E-state index contributed by atoms with van der Waals surface area (Å²) in [6.45, 7) is 1.44. The normalized spacial score (nSPS) is 10.4. The molecule has 0 aliphatic rings. The zero-order chi connectivity index (χ0) is 14.9. The molecule has 0 atom stereocenters. The van der Waals surface area contributed by atoms with Crippen LogP contribution in [0, 0.1) is 0 Å². The molecular weight excluding hydrogens is 324 g/mol. The number of aromatic nitrogens is 2. The lowest BCUT2D eigenvalue weighted by Gasteiger charge is -2.14. The number of nitrogens with one attached hydrogen (secondary N) is 1. The molecule has 0 saturated carbocycles. The molecular formula is C13H15BrN4O2. The molecule has 2 rings (SSSR count). The van der Waals surface area contributed by atoms with Gasteiger partial charge >= 0.3 is 0 Å². The SMILES string of the molecule is COc1ccc(Br)c(-c2cc(N)n(C)n2)c1NC(C)=O. The van der Waals surface area contributed by atoms with Gasteiger partial charge in [-0.3, -0.25) is 9.48 Å². The predicted octanol–water partition coefficient (Wildman–Crippen LogP) is 2.40. The number of halogens is 1. The Bertz CT molecular complexity index is 647. The number of carbonyl (C=O) groups excluding carboxylic acids is 1. The highest BCUT2D eigenvalue weighted by molar-refractivity contribution is 9.10. The highest BCUT2D eigenvalue weighted by atomic mass is 79.9. The highest BCUT2D eigenvalue weighted by Crippen LogP contribution is 2.41. The van der Waals surface area contributed by atoms with Crippen LogP contribution >= 0.6 is 15.9 Å². The first kappa shape index (κ1) is 14.4. The van der Waals surface area contributed by atoms with Gasteiger partial charge in [-0.15, -0.1) is 0 Å². The van der Waals surface area contributed by atoms with E-state index in [0.717, 1.165) is 10.0 Å². The molecule has 0 saturated heterocycles. The van der Waals surface area contributed by atoms with E-state index < -0.39 is 0 Å². The molecule has 1 heterocycles. The quantitative estimate of drug-likeness (QED) is 0.900. The summed E-state index contributed by atoms with van der Waals surface area (Å²) in [6, 6.07) is 5.35. The zero-order valence-corrected chi connectivity index (χ0v) is 13.0. The van der Waals surface area contributed by atoms with Gasteiger partial charge in [-0.05, 0) is 12.1 Å². The fourth-order valence-corrected chi connectivity index (χ4v) is 2.42. The number of nitrogen functional groups attached to an aromatic ring is 1. The van der Waals surface area contributed by atoms with Crippen LogP contribution < -0.4 is 15.8 Å². The van der Waals surface area contributed by atoms with Crippen LogP contribution in [0.15, 0.2) is 22.7 Å². The van der Waals surface area contributed by atoms with Crippen molar-refractivity contribution in [2.45, 2.75) is 6.92 Å². The van der Waals surface area contributed by atoms with Crippen LogP contribution in [0.4, 0.5) is 11.5 Å². The first-order valence-electron chi connectivity index (χ1n) is 5.88. The Hall–Kier alpha value is -2.02. The number of aryl methyl sites for hydroxylation is 1.